The van der Waals surface area contributed by atoms with Crippen molar-refractivity contribution in [1.29, 1.82) is 0 Å². The number of anilines is 3. The molecule has 4 aromatic rings. The van der Waals surface area contributed by atoms with Gasteiger partial charge in [-0.05, 0) is 42.0 Å². The molecule has 0 saturated carbocycles. The SMILES string of the molecule is O=CN(c1cccnc1NCc1ccncc1)c1cccc2cccnc12. The molecule has 1 amide bonds. The van der Waals surface area contributed by atoms with Crippen molar-refractivity contribution in [1.82, 2.24) is 15.0 Å². The largest absolute Gasteiger partial charge is 0.364 e. The molecule has 0 saturated heterocycles. The number of nitrogens with zero attached hydrogens (tertiary/aromatic N) is 4. The minimum absolute atomic E-state index is 0.576. The maximum absolute atomic E-state index is 12.0. The van der Waals surface area contributed by atoms with Gasteiger partial charge in [0.05, 0.1) is 16.9 Å². The van der Waals surface area contributed by atoms with Gasteiger partial charge in [-0.3, -0.25) is 19.7 Å². The number of carbonyl (C=O) groups is 1. The highest BCUT2D eigenvalue weighted by molar-refractivity contribution is 6.01. The molecule has 4 rings (SSSR count). The Morgan fingerprint density at radius 2 is 1.59 bits per heavy atom. The summed E-state index contributed by atoms with van der Waals surface area (Å²) in [4.78, 5) is 26.5. The van der Waals surface area contributed by atoms with E-state index in [2.05, 4.69) is 20.3 Å². The van der Waals surface area contributed by atoms with Gasteiger partial charge in [-0.25, -0.2) is 4.98 Å². The molecule has 3 aromatic heterocycles. The summed E-state index contributed by atoms with van der Waals surface area (Å²) >= 11 is 0. The first-order chi connectivity index (χ1) is 13.4. The summed E-state index contributed by atoms with van der Waals surface area (Å²) in [6.45, 7) is 0.576. The molecule has 0 bridgehead atoms. The topological polar surface area (TPSA) is 71.0 Å². The zero-order chi connectivity index (χ0) is 18.5. The fourth-order valence-corrected chi connectivity index (χ4v) is 2.94. The van der Waals surface area contributed by atoms with E-state index >= 15 is 0 Å². The zero-order valence-electron chi connectivity index (χ0n) is 14.5. The molecule has 0 unspecified atom stereocenters. The summed E-state index contributed by atoms with van der Waals surface area (Å²) in [5, 5.41) is 4.27. The Morgan fingerprint density at radius 1 is 0.852 bits per heavy atom. The number of amides is 1. The van der Waals surface area contributed by atoms with E-state index < -0.39 is 0 Å². The van der Waals surface area contributed by atoms with Gasteiger partial charge < -0.3 is 5.32 Å². The number of rotatable bonds is 6. The van der Waals surface area contributed by atoms with E-state index in [1.807, 2.05) is 54.6 Å². The van der Waals surface area contributed by atoms with E-state index in [1.54, 1.807) is 29.7 Å². The Balaban J connectivity index is 1.72. The highest BCUT2D eigenvalue weighted by atomic mass is 16.1. The standard InChI is InChI=1S/C21H17N5O/c27-15-26(18-6-1-4-17-5-2-10-23-20(17)18)19-7-3-11-24-21(19)25-14-16-8-12-22-13-9-16/h1-13,15H,14H2,(H,24,25). The van der Waals surface area contributed by atoms with Crippen molar-refractivity contribution in [2.45, 2.75) is 6.54 Å². The van der Waals surface area contributed by atoms with Gasteiger partial charge in [-0.2, -0.15) is 0 Å². The molecule has 6 heteroatoms. The fraction of sp³-hybridized carbons (Fsp3) is 0.0476. The predicted octanol–water partition coefficient (Wildman–Crippen LogP) is 3.93. The first kappa shape index (κ1) is 16.7. The molecule has 0 aliphatic carbocycles. The number of para-hydroxylation sites is 1. The predicted molar refractivity (Wildman–Crippen MR) is 106 cm³/mol. The summed E-state index contributed by atoms with van der Waals surface area (Å²) in [6, 6.07) is 17.1. The van der Waals surface area contributed by atoms with Crippen molar-refractivity contribution < 1.29 is 4.79 Å². The van der Waals surface area contributed by atoms with Crippen LogP contribution in [0.3, 0.4) is 0 Å². The zero-order valence-corrected chi connectivity index (χ0v) is 14.5. The van der Waals surface area contributed by atoms with Crippen LogP contribution in [0.1, 0.15) is 5.56 Å². The highest BCUT2D eigenvalue weighted by Gasteiger charge is 2.16. The number of benzene rings is 1. The summed E-state index contributed by atoms with van der Waals surface area (Å²) in [6.07, 6.45) is 7.70. The average molecular weight is 355 g/mol. The van der Waals surface area contributed by atoms with E-state index in [1.165, 1.54) is 0 Å². The lowest BCUT2D eigenvalue weighted by atomic mass is 10.1. The second-order valence-corrected chi connectivity index (χ2v) is 5.91. The van der Waals surface area contributed by atoms with Crippen LogP contribution in [-0.4, -0.2) is 21.4 Å². The van der Waals surface area contributed by atoms with Crippen molar-refractivity contribution in [3.05, 3.63) is 84.9 Å². The van der Waals surface area contributed by atoms with Gasteiger partial charge in [0.1, 0.15) is 0 Å². The molecule has 1 N–H and O–H groups in total. The molecular formula is C21H17N5O. The van der Waals surface area contributed by atoms with Crippen molar-refractivity contribution in [3.8, 4) is 0 Å². The normalized spacial score (nSPS) is 10.5. The molecule has 0 fully saturated rings. The van der Waals surface area contributed by atoms with Crippen LogP contribution in [-0.2, 0) is 11.3 Å². The minimum Gasteiger partial charge on any atom is -0.364 e. The van der Waals surface area contributed by atoms with Gasteiger partial charge >= 0.3 is 0 Å². The van der Waals surface area contributed by atoms with E-state index in [-0.39, 0.29) is 0 Å². The smallest absolute Gasteiger partial charge is 0.218 e. The van der Waals surface area contributed by atoms with Crippen LogP contribution in [0.15, 0.2) is 79.4 Å². The van der Waals surface area contributed by atoms with Crippen LogP contribution in [0.5, 0.6) is 0 Å². The Hall–Kier alpha value is -3.80. The summed E-state index contributed by atoms with van der Waals surface area (Å²) in [7, 11) is 0. The van der Waals surface area contributed by atoms with Gasteiger partial charge in [0.2, 0.25) is 6.41 Å². The van der Waals surface area contributed by atoms with Crippen LogP contribution < -0.4 is 10.2 Å². The summed E-state index contributed by atoms with van der Waals surface area (Å²) in [5.41, 5.74) is 3.21. The van der Waals surface area contributed by atoms with E-state index in [0.717, 1.165) is 22.9 Å². The van der Waals surface area contributed by atoms with Crippen LogP contribution >= 0.6 is 0 Å². The first-order valence-corrected chi connectivity index (χ1v) is 8.53. The number of hydrogen-bond acceptors (Lipinski definition) is 5. The van der Waals surface area contributed by atoms with Gasteiger partial charge in [0, 0.05) is 36.7 Å². The summed E-state index contributed by atoms with van der Waals surface area (Å²) < 4.78 is 0. The number of carbonyl (C=O) groups excluding carboxylic acids is 1. The van der Waals surface area contributed by atoms with Gasteiger partial charge in [0.25, 0.3) is 0 Å². The van der Waals surface area contributed by atoms with Crippen LogP contribution in [0, 0.1) is 0 Å². The molecule has 6 nitrogen and oxygen atoms in total. The number of pyridine rings is 3. The molecule has 0 aliphatic heterocycles. The molecule has 0 spiro atoms. The van der Waals surface area contributed by atoms with Gasteiger partial charge in [-0.1, -0.05) is 18.2 Å². The lowest BCUT2D eigenvalue weighted by Gasteiger charge is -2.21. The number of nitrogens with one attached hydrogen (secondary N) is 1. The first-order valence-electron chi connectivity index (χ1n) is 8.53. The lowest BCUT2D eigenvalue weighted by molar-refractivity contribution is -0.106. The number of hydrogen-bond donors (Lipinski definition) is 1. The maximum atomic E-state index is 12.0. The molecule has 3 heterocycles. The summed E-state index contributed by atoms with van der Waals surface area (Å²) in [5.74, 6) is 0.620. The maximum Gasteiger partial charge on any atom is 0.218 e. The molecule has 0 aliphatic rings. The van der Waals surface area contributed by atoms with Crippen molar-refractivity contribution in [3.63, 3.8) is 0 Å². The number of fused-ring (bicyclic) bond motifs is 1. The van der Waals surface area contributed by atoms with Crippen LogP contribution in [0.25, 0.3) is 10.9 Å². The average Bonchev–Trinajstić information content (AvgIpc) is 2.74. The van der Waals surface area contributed by atoms with Gasteiger partial charge in [0.15, 0.2) is 5.82 Å². The Kier molecular flexibility index (Phi) is 4.70. The van der Waals surface area contributed by atoms with E-state index in [0.29, 0.717) is 23.7 Å². The lowest BCUT2D eigenvalue weighted by Crippen LogP contribution is -2.17. The second kappa shape index (κ2) is 7.61. The second-order valence-electron chi connectivity index (χ2n) is 5.91. The van der Waals surface area contributed by atoms with Crippen LogP contribution in [0.4, 0.5) is 17.2 Å². The van der Waals surface area contributed by atoms with E-state index in [4.69, 9.17) is 0 Å². The van der Waals surface area contributed by atoms with Crippen LogP contribution in [0.2, 0.25) is 0 Å². The van der Waals surface area contributed by atoms with Crippen molar-refractivity contribution >= 4 is 34.5 Å². The van der Waals surface area contributed by atoms with Crippen molar-refractivity contribution in [2.75, 3.05) is 10.2 Å². The molecule has 0 atom stereocenters. The fourth-order valence-electron chi connectivity index (χ4n) is 2.94. The van der Waals surface area contributed by atoms with E-state index in [9.17, 15) is 4.79 Å². The monoisotopic (exact) mass is 355 g/mol. The molecule has 0 radical (unpaired) electrons. The Morgan fingerprint density at radius 3 is 2.44 bits per heavy atom. The third-order valence-corrected chi connectivity index (χ3v) is 4.23. The Bertz CT molecular complexity index is 1060. The Labute approximate surface area is 156 Å². The minimum atomic E-state index is 0.576. The highest BCUT2D eigenvalue weighted by Crippen LogP contribution is 2.33. The third kappa shape index (κ3) is 3.46. The van der Waals surface area contributed by atoms with Crippen molar-refractivity contribution in [2.24, 2.45) is 0 Å². The molecule has 27 heavy (non-hydrogen) atoms. The molecular weight excluding hydrogens is 338 g/mol. The molecule has 1 aromatic carbocycles. The quantitative estimate of drug-likeness (QED) is 0.531. The van der Waals surface area contributed by atoms with Gasteiger partial charge in [-0.15, -0.1) is 0 Å². The molecule has 132 valence electrons. The third-order valence-electron chi connectivity index (χ3n) is 4.23. The number of aromatic nitrogens is 3.